The minimum absolute atomic E-state index is 0.130. The number of benzene rings is 2. The van der Waals surface area contributed by atoms with Gasteiger partial charge in [-0.25, -0.2) is 4.39 Å². The Kier molecular flexibility index (Phi) is 4.20. The Balaban J connectivity index is 1.96. The number of hydrogen-bond acceptors (Lipinski definition) is 3. The number of ether oxygens (including phenoxy) is 1. The summed E-state index contributed by atoms with van der Waals surface area (Å²) in [5.41, 5.74) is 7.21. The highest BCUT2D eigenvalue weighted by atomic mass is 19.1. The van der Waals surface area contributed by atoms with Crippen LogP contribution in [0.15, 0.2) is 42.5 Å². The lowest BCUT2D eigenvalue weighted by atomic mass is 10.2. The van der Waals surface area contributed by atoms with E-state index in [1.54, 1.807) is 30.3 Å². The average Bonchev–Trinajstić information content (AvgIpc) is 2.42. The van der Waals surface area contributed by atoms with Crippen molar-refractivity contribution in [3.63, 3.8) is 0 Å². The van der Waals surface area contributed by atoms with Gasteiger partial charge in [0.25, 0.3) is 5.91 Å². The predicted molar refractivity (Wildman–Crippen MR) is 76.1 cm³/mol. The third-order valence-corrected chi connectivity index (χ3v) is 2.72. The quantitative estimate of drug-likeness (QED) is 0.842. The van der Waals surface area contributed by atoms with Crippen LogP contribution in [0.25, 0.3) is 0 Å². The standard InChI is InChI=1S/C15H15FN2O2/c1-10-6-7-11(17)8-14(10)20-9-15(19)18-13-5-3-2-4-12(13)16/h2-8H,9,17H2,1H3,(H,18,19). The van der Waals surface area contributed by atoms with Crippen LogP contribution in [-0.4, -0.2) is 12.5 Å². The van der Waals surface area contributed by atoms with E-state index in [1.165, 1.54) is 12.1 Å². The molecule has 2 rings (SSSR count). The molecular formula is C15H15FN2O2. The third-order valence-electron chi connectivity index (χ3n) is 2.72. The summed E-state index contributed by atoms with van der Waals surface area (Å²) in [6.45, 7) is 1.64. The number of rotatable bonds is 4. The molecule has 0 aliphatic rings. The molecule has 20 heavy (non-hydrogen) atoms. The lowest BCUT2D eigenvalue weighted by molar-refractivity contribution is -0.118. The number of aryl methyl sites for hydroxylation is 1. The molecule has 0 aliphatic carbocycles. The van der Waals surface area contributed by atoms with E-state index in [2.05, 4.69) is 5.32 Å². The van der Waals surface area contributed by atoms with Gasteiger partial charge in [0.15, 0.2) is 6.61 Å². The van der Waals surface area contributed by atoms with Crippen molar-refractivity contribution in [3.8, 4) is 5.75 Å². The number of halogens is 1. The molecule has 0 fully saturated rings. The van der Waals surface area contributed by atoms with Gasteiger partial charge in [0.05, 0.1) is 5.69 Å². The highest BCUT2D eigenvalue weighted by molar-refractivity contribution is 5.92. The molecule has 0 spiro atoms. The summed E-state index contributed by atoms with van der Waals surface area (Å²) in [7, 11) is 0. The molecule has 0 heterocycles. The monoisotopic (exact) mass is 274 g/mol. The van der Waals surface area contributed by atoms with Crippen LogP contribution in [0.3, 0.4) is 0 Å². The Hall–Kier alpha value is -2.56. The first-order valence-corrected chi connectivity index (χ1v) is 6.09. The topological polar surface area (TPSA) is 64.3 Å². The fourth-order valence-electron chi connectivity index (χ4n) is 1.66. The highest BCUT2D eigenvalue weighted by Crippen LogP contribution is 2.20. The van der Waals surface area contributed by atoms with Gasteiger partial charge in [-0.05, 0) is 30.7 Å². The van der Waals surface area contributed by atoms with Gasteiger partial charge in [-0.1, -0.05) is 18.2 Å². The number of anilines is 2. The van der Waals surface area contributed by atoms with Gasteiger partial charge in [0, 0.05) is 11.8 Å². The van der Waals surface area contributed by atoms with E-state index in [4.69, 9.17) is 10.5 Å². The maximum absolute atomic E-state index is 13.4. The summed E-state index contributed by atoms with van der Waals surface area (Å²) in [6, 6.07) is 11.2. The minimum atomic E-state index is -0.485. The Morgan fingerprint density at radius 1 is 1.30 bits per heavy atom. The van der Waals surface area contributed by atoms with E-state index < -0.39 is 11.7 Å². The molecule has 0 unspecified atom stereocenters. The van der Waals surface area contributed by atoms with Crippen LogP contribution in [0.2, 0.25) is 0 Å². The molecule has 3 N–H and O–H groups in total. The number of para-hydroxylation sites is 1. The van der Waals surface area contributed by atoms with Gasteiger partial charge in [-0.15, -0.1) is 0 Å². The number of carbonyl (C=O) groups is 1. The van der Waals surface area contributed by atoms with Crippen molar-refractivity contribution in [2.24, 2.45) is 0 Å². The van der Waals surface area contributed by atoms with Crippen molar-refractivity contribution in [3.05, 3.63) is 53.8 Å². The summed E-state index contributed by atoms with van der Waals surface area (Å²) in [4.78, 5) is 11.7. The molecule has 0 radical (unpaired) electrons. The Morgan fingerprint density at radius 2 is 2.05 bits per heavy atom. The maximum Gasteiger partial charge on any atom is 0.262 e. The molecule has 0 aliphatic heterocycles. The first-order chi connectivity index (χ1) is 9.56. The maximum atomic E-state index is 13.4. The summed E-state index contributed by atoms with van der Waals surface area (Å²) in [6.07, 6.45) is 0. The largest absolute Gasteiger partial charge is 0.483 e. The third kappa shape index (κ3) is 3.47. The second-order valence-electron chi connectivity index (χ2n) is 4.34. The second kappa shape index (κ2) is 6.06. The molecule has 0 saturated carbocycles. The van der Waals surface area contributed by atoms with Crippen LogP contribution in [0.1, 0.15) is 5.56 Å². The molecule has 5 heteroatoms. The Morgan fingerprint density at radius 3 is 2.80 bits per heavy atom. The second-order valence-corrected chi connectivity index (χ2v) is 4.34. The number of nitrogens with one attached hydrogen (secondary N) is 1. The van der Waals surface area contributed by atoms with Gasteiger partial charge in [0.2, 0.25) is 0 Å². The van der Waals surface area contributed by atoms with Crippen LogP contribution < -0.4 is 15.8 Å². The van der Waals surface area contributed by atoms with Crippen molar-refractivity contribution >= 4 is 17.3 Å². The molecule has 0 saturated heterocycles. The van der Waals surface area contributed by atoms with E-state index in [0.29, 0.717) is 11.4 Å². The smallest absolute Gasteiger partial charge is 0.262 e. The molecule has 2 aromatic rings. The molecular weight excluding hydrogens is 259 g/mol. The van der Waals surface area contributed by atoms with Gasteiger partial charge in [-0.3, -0.25) is 4.79 Å². The fraction of sp³-hybridized carbons (Fsp3) is 0.133. The minimum Gasteiger partial charge on any atom is -0.483 e. The number of nitrogens with two attached hydrogens (primary N) is 1. The number of hydrogen-bond donors (Lipinski definition) is 2. The zero-order valence-corrected chi connectivity index (χ0v) is 11.0. The molecule has 0 aromatic heterocycles. The van der Waals surface area contributed by atoms with E-state index in [-0.39, 0.29) is 12.3 Å². The first-order valence-electron chi connectivity index (χ1n) is 6.09. The van der Waals surface area contributed by atoms with E-state index in [9.17, 15) is 9.18 Å². The molecule has 4 nitrogen and oxygen atoms in total. The normalized spacial score (nSPS) is 10.1. The van der Waals surface area contributed by atoms with Gasteiger partial charge >= 0.3 is 0 Å². The zero-order valence-electron chi connectivity index (χ0n) is 11.0. The first kappa shape index (κ1) is 13.9. The van der Waals surface area contributed by atoms with Gasteiger partial charge < -0.3 is 15.8 Å². The number of amides is 1. The zero-order chi connectivity index (χ0) is 14.5. The van der Waals surface area contributed by atoms with Crippen molar-refractivity contribution in [2.45, 2.75) is 6.92 Å². The summed E-state index contributed by atoms with van der Waals surface area (Å²) < 4.78 is 18.7. The molecule has 1 amide bonds. The van der Waals surface area contributed by atoms with E-state index >= 15 is 0 Å². The van der Waals surface area contributed by atoms with Crippen molar-refractivity contribution in [1.29, 1.82) is 0 Å². The summed E-state index contributed by atoms with van der Waals surface area (Å²) in [5.74, 6) is -0.383. The van der Waals surface area contributed by atoms with Crippen molar-refractivity contribution in [1.82, 2.24) is 0 Å². The van der Waals surface area contributed by atoms with Crippen LogP contribution >= 0.6 is 0 Å². The van der Waals surface area contributed by atoms with Crippen LogP contribution in [0.4, 0.5) is 15.8 Å². The van der Waals surface area contributed by atoms with Crippen LogP contribution in [0, 0.1) is 12.7 Å². The van der Waals surface area contributed by atoms with Crippen molar-refractivity contribution < 1.29 is 13.9 Å². The Bertz CT molecular complexity index is 629. The van der Waals surface area contributed by atoms with Gasteiger partial charge in [0.1, 0.15) is 11.6 Å². The van der Waals surface area contributed by atoms with E-state index in [0.717, 1.165) is 5.56 Å². The molecule has 2 aromatic carbocycles. The summed E-state index contributed by atoms with van der Waals surface area (Å²) >= 11 is 0. The van der Waals surface area contributed by atoms with E-state index in [1.807, 2.05) is 6.92 Å². The average molecular weight is 274 g/mol. The highest BCUT2D eigenvalue weighted by Gasteiger charge is 2.08. The fourth-order valence-corrected chi connectivity index (χ4v) is 1.66. The lowest BCUT2D eigenvalue weighted by Gasteiger charge is -2.10. The SMILES string of the molecule is Cc1ccc(N)cc1OCC(=O)Nc1ccccc1F. The lowest BCUT2D eigenvalue weighted by Crippen LogP contribution is -2.21. The number of carbonyl (C=O) groups excluding carboxylic acids is 1. The summed E-state index contributed by atoms with van der Waals surface area (Å²) in [5, 5.41) is 2.44. The predicted octanol–water partition coefficient (Wildman–Crippen LogP) is 2.73. The number of nitrogen functional groups attached to an aromatic ring is 1. The van der Waals surface area contributed by atoms with Crippen LogP contribution in [-0.2, 0) is 4.79 Å². The molecule has 104 valence electrons. The van der Waals surface area contributed by atoms with Gasteiger partial charge in [-0.2, -0.15) is 0 Å². The Labute approximate surface area is 116 Å². The van der Waals surface area contributed by atoms with Crippen molar-refractivity contribution in [2.75, 3.05) is 17.7 Å². The molecule has 0 bridgehead atoms. The molecule has 0 atom stereocenters. The van der Waals surface area contributed by atoms with Crippen LogP contribution in [0.5, 0.6) is 5.75 Å².